The molecular weight excluding hydrogens is 330 g/mol. The lowest BCUT2D eigenvalue weighted by molar-refractivity contribution is -0.119. The highest BCUT2D eigenvalue weighted by Crippen LogP contribution is 2.16. The smallest absolute Gasteiger partial charge is 0.217 e. The van der Waals surface area contributed by atoms with Gasteiger partial charge in [0.2, 0.25) is 15.9 Å². The Morgan fingerprint density at radius 1 is 1.42 bits per heavy atom. The van der Waals surface area contributed by atoms with Crippen molar-refractivity contribution in [2.45, 2.75) is 52.9 Å². The average molecular weight is 357 g/mol. The van der Waals surface area contributed by atoms with Crippen LogP contribution in [0.3, 0.4) is 0 Å². The van der Waals surface area contributed by atoms with Gasteiger partial charge in [-0.15, -0.1) is 0 Å². The van der Waals surface area contributed by atoms with E-state index in [0.717, 1.165) is 31.0 Å². The van der Waals surface area contributed by atoms with Crippen molar-refractivity contribution in [3.05, 3.63) is 17.5 Å². The summed E-state index contributed by atoms with van der Waals surface area (Å²) in [5.41, 5.74) is 1.93. The molecule has 0 aromatic carbocycles. The molecular formula is C15H27N5O3S. The molecule has 1 amide bonds. The normalized spacial score (nSPS) is 16.6. The van der Waals surface area contributed by atoms with E-state index in [1.807, 2.05) is 24.6 Å². The molecule has 8 nitrogen and oxygen atoms in total. The van der Waals surface area contributed by atoms with Gasteiger partial charge in [0.1, 0.15) is 0 Å². The zero-order valence-electron chi connectivity index (χ0n) is 14.6. The number of carbonyl (C=O) groups is 1. The Bertz CT molecular complexity index is 671. The van der Waals surface area contributed by atoms with E-state index in [2.05, 4.69) is 20.0 Å². The van der Waals surface area contributed by atoms with E-state index in [9.17, 15) is 13.2 Å². The van der Waals surface area contributed by atoms with Gasteiger partial charge in [0, 0.05) is 32.6 Å². The van der Waals surface area contributed by atoms with Crippen LogP contribution in [0.2, 0.25) is 0 Å². The molecule has 9 heteroatoms. The summed E-state index contributed by atoms with van der Waals surface area (Å²) in [5, 5.41) is 7.24. The van der Waals surface area contributed by atoms with Gasteiger partial charge in [-0.05, 0) is 19.4 Å². The number of rotatable bonds is 8. The zero-order valence-corrected chi connectivity index (χ0v) is 15.4. The molecule has 0 unspecified atom stereocenters. The van der Waals surface area contributed by atoms with Gasteiger partial charge >= 0.3 is 0 Å². The molecule has 0 aliphatic carbocycles. The summed E-state index contributed by atoms with van der Waals surface area (Å²) >= 11 is 0. The molecule has 0 saturated heterocycles. The SMILES string of the molecule is CCCS(=O)(=O)NC[C@H](C)N1CCn2nc(CNC(C)=O)cc2C1. The molecule has 2 heterocycles. The third-order valence-electron chi connectivity index (χ3n) is 4.09. The molecule has 0 fully saturated rings. The Morgan fingerprint density at radius 2 is 2.17 bits per heavy atom. The predicted octanol–water partition coefficient (Wildman–Crippen LogP) is 0.0527. The summed E-state index contributed by atoms with van der Waals surface area (Å²) in [5.74, 6) is 0.0921. The maximum absolute atomic E-state index is 11.8. The Kier molecular flexibility index (Phi) is 6.36. The van der Waals surface area contributed by atoms with Crippen LogP contribution < -0.4 is 10.0 Å². The standard InChI is InChI=1S/C15H27N5O3S/c1-4-7-24(22,23)17-9-12(2)19-5-6-20-15(11-19)8-14(18-20)10-16-13(3)21/h8,12,17H,4-7,9-11H2,1-3H3,(H,16,21)/t12-/m0/s1. The first kappa shape index (κ1) is 18.9. The summed E-state index contributed by atoms with van der Waals surface area (Å²) in [4.78, 5) is 13.2. The predicted molar refractivity (Wildman–Crippen MR) is 91.7 cm³/mol. The van der Waals surface area contributed by atoms with Crippen molar-refractivity contribution in [2.24, 2.45) is 0 Å². The van der Waals surface area contributed by atoms with Crippen molar-refractivity contribution in [1.82, 2.24) is 24.7 Å². The molecule has 1 aliphatic rings. The number of nitrogens with zero attached hydrogens (tertiary/aromatic N) is 3. The van der Waals surface area contributed by atoms with Gasteiger partial charge in [0.25, 0.3) is 0 Å². The third-order valence-corrected chi connectivity index (χ3v) is 5.64. The zero-order chi connectivity index (χ0) is 17.7. The molecule has 0 saturated carbocycles. The average Bonchev–Trinajstić information content (AvgIpc) is 2.92. The summed E-state index contributed by atoms with van der Waals surface area (Å²) in [6, 6.07) is 2.11. The molecule has 2 rings (SSSR count). The van der Waals surface area contributed by atoms with Crippen molar-refractivity contribution >= 4 is 15.9 Å². The quantitative estimate of drug-likeness (QED) is 0.685. The molecule has 136 valence electrons. The summed E-state index contributed by atoms with van der Waals surface area (Å²) in [6.07, 6.45) is 0.615. The van der Waals surface area contributed by atoms with Crippen LogP contribution in [0.5, 0.6) is 0 Å². The van der Waals surface area contributed by atoms with E-state index >= 15 is 0 Å². The number of hydrogen-bond acceptors (Lipinski definition) is 5. The first-order valence-electron chi connectivity index (χ1n) is 8.32. The topological polar surface area (TPSA) is 96.3 Å². The van der Waals surface area contributed by atoms with Crippen molar-refractivity contribution in [1.29, 1.82) is 0 Å². The minimum Gasteiger partial charge on any atom is -0.351 e. The van der Waals surface area contributed by atoms with Crippen LogP contribution in [0.25, 0.3) is 0 Å². The van der Waals surface area contributed by atoms with E-state index in [-0.39, 0.29) is 17.7 Å². The number of hydrogen-bond donors (Lipinski definition) is 2. The number of nitrogens with one attached hydrogen (secondary N) is 2. The van der Waals surface area contributed by atoms with Gasteiger partial charge in [-0.3, -0.25) is 14.4 Å². The third kappa shape index (κ3) is 5.29. The Hall–Kier alpha value is -1.45. The van der Waals surface area contributed by atoms with Gasteiger partial charge in [0.15, 0.2) is 0 Å². The van der Waals surface area contributed by atoms with Gasteiger partial charge < -0.3 is 5.32 Å². The maximum atomic E-state index is 11.8. The number of sulfonamides is 1. The fourth-order valence-electron chi connectivity index (χ4n) is 2.74. The number of carbonyl (C=O) groups excluding carboxylic acids is 1. The van der Waals surface area contributed by atoms with E-state index in [4.69, 9.17) is 0 Å². The van der Waals surface area contributed by atoms with Crippen LogP contribution in [-0.4, -0.2) is 53.9 Å². The second-order valence-corrected chi connectivity index (χ2v) is 8.17. The van der Waals surface area contributed by atoms with Crippen molar-refractivity contribution in [3.8, 4) is 0 Å². The fraction of sp³-hybridized carbons (Fsp3) is 0.733. The molecule has 24 heavy (non-hydrogen) atoms. The van der Waals surface area contributed by atoms with Crippen LogP contribution in [0.15, 0.2) is 6.07 Å². The maximum Gasteiger partial charge on any atom is 0.217 e. The molecule has 0 spiro atoms. The molecule has 1 aromatic rings. The van der Waals surface area contributed by atoms with Crippen LogP contribution in [-0.2, 0) is 34.5 Å². The van der Waals surface area contributed by atoms with E-state index < -0.39 is 10.0 Å². The van der Waals surface area contributed by atoms with Crippen LogP contribution in [0.4, 0.5) is 0 Å². The highest BCUT2D eigenvalue weighted by Gasteiger charge is 2.23. The van der Waals surface area contributed by atoms with Gasteiger partial charge in [-0.25, -0.2) is 13.1 Å². The summed E-state index contributed by atoms with van der Waals surface area (Å²) < 4.78 is 28.2. The van der Waals surface area contributed by atoms with Crippen molar-refractivity contribution in [2.75, 3.05) is 18.8 Å². The van der Waals surface area contributed by atoms with E-state index in [1.165, 1.54) is 6.92 Å². The fourth-order valence-corrected chi connectivity index (χ4v) is 3.92. The molecule has 1 aromatic heterocycles. The Labute approximate surface area is 143 Å². The summed E-state index contributed by atoms with van der Waals surface area (Å²) in [7, 11) is -3.17. The minimum atomic E-state index is -3.17. The number of fused-ring (bicyclic) bond motifs is 1. The first-order valence-corrected chi connectivity index (χ1v) is 9.97. The van der Waals surface area contributed by atoms with Gasteiger partial charge in [0.05, 0.1) is 30.2 Å². The minimum absolute atomic E-state index is 0.0735. The first-order chi connectivity index (χ1) is 11.3. The van der Waals surface area contributed by atoms with Crippen LogP contribution in [0, 0.1) is 0 Å². The van der Waals surface area contributed by atoms with Crippen LogP contribution >= 0.6 is 0 Å². The molecule has 2 N–H and O–H groups in total. The van der Waals surface area contributed by atoms with E-state index in [0.29, 0.717) is 19.5 Å². The van der Waals surface area contributed by atoms with Crippen molar-refractivity contribution < 1.29 is 13.2 Å². The molecule has 1 atom stereocenters. The van der Waals surface area contributed by atoms with E-state index in [1.54, 1.807) is 0 Å². The highest BCUT2D eigenvalue weighted by molar-refractivity contribution is 7.89. The second kappa shape index (κ2) is 8.09. The number of aromatic nitrogens is 2. The van der Waals surface area contributed by atoms with Crippen molar-refractivity contribution in [3.63, 3.8) is 0 Å². The van der Waals surface area contributed by atoms with Gasteiger partial charge in [-0.2, -0.15) is 5.10 Å². The van der Waals surface area contributed by atoms with Gasteiger partial charge in [-0.1, -0.05) is 6.92 Å². The lowest BCUT2D eigenvalue weighted by Gasteiger charge is -2.32. The largest absolute Gasteiger partial charge is 0.351 e. The monoisotopic (exact) mass is 357 g/mol. The number of amides is 1. The highest BCUT2D eigenvalue weighted by atomic mass is 32.2. The molecule has 0 bridgehead atoms. The van der Waals surface area contributed by atoms with Crippen LogP contribution in [0.1, 0.15) is 38.6 Å². The molecule has 1 aliphatic heterocycles. The lowest BCUT2D eigenvalue weighted by Crippen LogP contribution is -2.45. The lowest BCUT2D eigenvalue weighted by atomic mass is 10.2. The summed E-state index contributed by atoms with van der Waals surface area (Å²) in [6.45, 7) is 8.53. The Balaban J connectivity index is 1.90. The Morgan fingerprint density at radius 3 is 2.83 bits per heavy atom. The second-order valence-electron chi connectivity index (χ2n) is 6.25. The molecule has 0 radical (unpaired) electrons.